The molecule has 0 bridgehead atoms. The molecule has 1 aromatic rings. The lowest BCUT2D eigenvalue weighted by molar-refractivity contribution is -0.177. The largest absolute Gasteiger partial charge is 0.472 e. The molecule has 24 heavy (non-hydrogen) atoms. The lowest BCUT2D eigenvalue weighted by atomic mass is 9.47. The summed E-state index contributed by atoms with van der Waals surface area (Å²) in [4.78, 5) is 12.5. The van der Waals surface area contributed by atoms with Crippen molar-refractivity contribution in [1.82, 2.24) is 0 Å². The lowest BCUT2D eigenvalue weighted by Gasteiger charge is -2.58. The quantitative estimate of drug-likeness (QED) is 0.847. The van der Waals surface area contributed by atoms with Crippen LogP contribution >= 0.6 is 0 Å². The molecule has 0 aliphatic heterocycles. The smallest absolute Gasteiger partial charge is 0.311 e. The van der Waals surface area contributed by atoms with Gasteiger partial charge in [0.1, 0.15) is 0 Å². The molecule has 1 N–H and O–H groups in total. The first-order valence-corrected chi connectivity index (χ1v) is 9.19. The number of rotatable bonds is 4. The molecule has 0 unspecified atom stereocenters. The predicted octanol–water partition coefficient (Wildman–Crippen LogP) is 3.97. The minimum atomic E-state index is -0.421. The number of hydrogen-bond acceptors (Lipinski definition) is 4. The van der Waals surface area contributed by atoms with Crippen LogP contribution in [0.3, 0.4) is 0 Å². The molecule has 4 nitrogen and oxygen atoms in total. The van der Waals surface area contributed by atoms with Gasteiger partial charge in [0.2, 0.25) is 0 Å². The second-order valence-electron chi connectivity index (χ2n) is 8.24. The Morgan fingerprint density at radius 3 is 2.83 bits per heavy atom. The van der Waals surface area contributed by atoms with Crippen LogP contribution in [0.4, 0.5) is 0 Å². The third kappa shape index (κ3) is 2.79. The summed E-state index contributed by atoms with van der Waals surface area (Å²) in [5.74, 6) is 0.419. The van der Waals surface area contributed by atoms with Crippen LogP contribution in [0.5, 0.6) is 0 Å². The highest BCUT2D eigenvalue weighted by molar-refractivity contribution is 5.77. The summed E-state index contributed by atoms with van der Waals surface area (Å²) in [5.41, 5.74) is 0.748. The van der Waals surface area contributed by atoms with Crippen molar-refractivity contribution in [3.8, 4) is 0 Å². The van der Waals surface area contributed by atoms with Gasteiger partial charge in [-0.3, -0.25) is 4.79 Å². The molecule has 0 saturated heterocycles. The van der Waals surface area contributed by atoms with Crippen molar-refractivity contribution >= 4 is 5.97 Å². The average Bonchev–Trinajstić information content (AvgIpc) is 3.06. The van der Waals surface area contributed by atoms with Crippen molar-refractivity contribution in [2.45, 2.75) is 64.9 Å². The van der Waals surface area contributed by atoms with Gasteiger partial charge in [0.25, 0.3) is 0 Å². The maximum absolute atomic E-state index is 12.5. The van der Waals surface area contributed by atoms with Crippen molar-refractivity contribution in [2.75, 3.05) is 7.11 Å². The first-order chi connectivity index (χ1) is 11.4. The van der Waals surface area contributed by atoms with E-state index in [4.69, 9.17) is 9.15 Å². The number of esters is 1. The standard InChI is InChI=1S/C20H30O4/c1-19-10-4-11-20(2,18(22)23-3)17(19)8-7-16(21)15(19)6-5-14-9-12-24-13-14/h9,12-13,15-17,21H,4-8,10-11H2,1-3H3/t15-,16+,17-,19+,20-/m0/s1. The van der Waals surface area contributed by atoms with Crippen molar-refractivity contribution in [2.24, 2.45) is 22.7 Å². The molecule has 1 aromatic heterocycles. The van der Waals surface area contributed by atoms with Gasteiger partial charge in [-0.15, -0.1) is 0 Å². The number of aryl methyl sites for hydroxylation is 1. The second kappa shape index (κ2) is 6.55. The van der Waals surface area contributed by atoms with E-state index in [1.807, 2.05) is 6.07 Å². The average molecular weight is 334 g/mol. The number of ether oxygens (including phenoxy) is 1. The van der Waals surface area contributed by atoms with E-state index >= 15 is 0 Å². The normalized spacial score (nSPS) is 39.2. The zero-order valence-electron chi connectivity index (χ0n) is 15.1. The summed E-state index contributed by atoms with van der Waals surface area (Å²) in [6.45, 7) is 4.37. The molecule has 0 radical (unpaired) electrons. The minimum Gasteiger partial charge on any atom is -0.472 e. The molecule has 2 saturated carbocycles. The Morgan fingerprint density at radius 1 is 1.38 bits per heavy atom. The summed E-state index contributed by atoms with van der Waals surface area (Å²) in [5, 5.41) is 10.7. The first kappa shape index (κ1) is 17.5. The number of carbonyl (C=O) groups excluding carboxylic acids is 1. The lowest BCUT2D eigenvalue weighted by Crippen LogP contribution is -2.56. The second-order valence-corrected chi connectivity index (χ2v) is 8.24. The monoisotopic (exact) mass is 334 g/mol. The fourth-order valence-corrected chi connectivity index (χ4v) is 5.74. The molecular formula is C20H30O4. The van der Waals surface area contributed by atoms with E-state index < -0.39 is 5.41 Å². The van der Waals surface area contributed by atoms with Crippen LogP contribution in [0.15, 0.2) is 23.0 Å². The number of carbonyl (C=O) groups is 1. The molecule has 134 valence electrons. The number of hydrogen-bond donors (Lipinski definition) is 1. The van der Waals surface area contributed by atoms with Crippen molar-refractivity contribution in [1.29, 1.82) is 0 Å². The van der Waals surface area contributed by atoms with Gasteiger partial charge in [0.05, 0.1) is 31.2 Å². The van der Waals surface area contributed by atoms with Gasteiger partial charge < -0.3 is 14.3 Å². The van der Waals surface area contributed by atoms with Crippen LogP contribution in [0.2, 0.25) is 0 Å². The van der Waals surface area contributed by atoms with Crippen LogP contribution < -0.4 is 0 Å². The maximum atomic E-state index is 12.5. The summed E-state index contributed by atoms with van der Waals surface area (Å²) >= 11 is 0. The highest BCUT2D eigenvalue weighted by atomic mass is 16.5. The Morgan fingerprint density at radius 2 is 2.17 bits per heavy atom. The summed E-state index contributed by atoms with van der Waals surface area (Å²) in [7, 11) is 1.49. The number of aliphatic hydroxyl groups is 1. The number of furan rings is 1. The molecular weight excluding hydrogens is 304 g/mol. The van der Waals surface area contributed by atoms with E-state index in [0.717, 1.165) is 44.9 Å². The zero-order chi connectivity index (χ0) is 17.4. The van der Waals surface area contributed by atoms with E-state index in [0.29, 0.717) is 0 Å². The molecule has 0 aromatic carbocycles. The van der Waals surface area contributed by atoms with Gasteiger partial charge >= 0.3 is 5.97 Å². The molecule has 2 aliphatic carbocycles. The third-order valence-electron chi connectivity index (χ3n) is 7.02. The number of methoxy groups -OCH3 is 1. The SMILES string of the molecule is COC(=O)[C@@]1(C)CCC[C@]2(C)[C@@H](CCc3ccoc3)[C@H](O)CC[C@@H]21. The Labute approximate surface area is 144 Å². The van der Waals surface area contributed by atoms with Gasteiger partial charge in [0, 0.05) is 0 Å². The predicted molar refractivity (Wildman–Crippen MR) is 91.3 cm³/mol. The minimum absolute atomic E-state index is 0.0113. The maximum Gasteiger partial charge on any atom is 0.311 e. The van der Waals surface area contributed by atoms with Gasteiger partial charge in [-0.05, 0) is 74.3 Å². The number of aliphatic hydroxyl groups excluding tert-OH is 1. The van der Waals surface area contributed by atoms with E-state index in [-0.39, 0.29) is 29.3 Å². The topological polar surface area (TPSA) is 59.7 Å². The molecule has 4 heteroatoms. The Bertz CT molecular complexity index is 566. The van der Waals surface area contributed by atoms with Crippen LogP contribution in [-0.4, -0.2) is 24.3 Å². The van der Waals surface area contributed by atoms with E-state index in [1.54, 1.807) is 12.5 Å². The van der Waals surface area contributed by atoms with Crippen LogP contribution in [-0.2, 0) is 16.0 Å². The Hall–Kier alpha value is -1.29. The molecule has 3 rings (SSSR count). The molecule has 2 aliphatic rings. The van der Waals surface area contributed by atoms with Gasteiger partial charge in [-0.2, -0.15) is 0 Å². The van der Waals surface area contributed by atoms with E-state index in [2.05, 4.69) is 13.8 Å². The Kier molecular flexibility index (Phi) is 4.78. The molecule has 2 fully saturated rings. The highest BCUT2D eigenvalue weighted by Gasteiger charge is 2.58. The molecule has 0 spiro atoms. The van der Waals surface area contributed by atoms with E-state index in [1.165, 1.54) is 12.7 Å². The third-order valence-corrected chi connectivity index (χ3v) is 7.02. The van der Waals surface area contributed by atoms with Crippen LogP contribution in [0, 0.1) is 22.7 Å². The van der Waals surface area contributed by atoms with Gasteiger partial charge in [-0.25, -0.2) is 0 Å². The van der Waals surface area contributed by atoms with Gasteiger partial charge in [-0.1, -0.05) is 13.3 Å². The number of fused-ring (bicyclic) bond motifs is 1. The summed E-state index contributed by atoms with van der Waals surface area (Å²) < 4.78 is 10.3. The fourth-order valence-electron chi connectivity index (χ4n) is 5.74. The van der Waals surface area contributed by atoms with Crippen molar-refractivity contribution in [3.63, 3.8) is 0 Å². The Balaban J connectivity index is 1.84. The van der Waals surface area contributed by atoms with Gasteiger partial charge in [0.15, 0.2) is 0 Å². The molecule has 1 heterocycles. The summed E-state index contributed by atoms with van der Waals surface area (Å²) in [6.07, 6.45) is 9.74. The van der Waals surface area contributed by atoms with Crippen LogP contribution in [0.25, 0.3) is 0 Å². The van der Waals surface area contributed by atoms with E-state index in [9.17, 15) is 9.90 Å². The first-order valence-electron chi connectivity index (χ1n) is 9.19. The highest BCUT2D eigenvalue weighted by Crippen LogP contribution is 2.61. The molecule has 0 amide bonds. The van der Waals surface area contributed by atoms with Crippen molar-refractivity contribution < 1.29 is 19.1 Å². The zero-order valence-corrected chi connectivity index (χ0v) is 15.1. The molecule has 5 atom stereocenters. The van der Waals surface area contributed by atoms with Crippen molar-refractivity contribution in [3.05, 3.63) is 24.2 Å². The summed E-state index contributed by atoms with van der Waals surface area (Å²) in [6, 6.07) is 1.99. The van der Waals surface area contributed by atoms with Crippen LogP contribution in [0.1, 0.15) is 57.9 Å². The fraction of sp³-hybridized carbons (Fsp3) is 0.750.